The molecule has 0 aliphatic carbocycles. The largest absolute Gasteiger partial charge is 0.374 e. The Labute approximate surface area is 92.1 Å². The highest BCUT2D eigenvalue weighted by molar-refractivity contribution is 5.59. The van der Waals surface area contributed by atoms with Crippen molar-refractivity contribution in [2.45, 2.75) is 26.7 Å². The first-order valence-corrected chi connectivity index (χ1v) is 5.41. The molecule has 15 heavy (non-hydrogen) atoms. The van der Waals surface area contributed by atoms with Crippen LogP contribution in [0.5, 0.6) is 0 Å². The lowest BCUT2D eigenvalue weighted by Crippen LogP contribution is -2.19. The predicted octanol–water partition coefficient (Wildman–Crippen LogP) is 3.10. The van der Waals surface area contributed by atoms with Crippen molar-refractivity contribution in [3.8, 4) is 6.07 Å². The molecule has 0 aliphatic heterocycles. The van der Waals surface area contributed by atoms with Gasteiger partial charge in [0.15, 0.2) is 0 Å². The van der Waals surface area contributed by atoms with Crippen LogP contribution in [0.2, 0.25) is 0 Å². The second-order valence-electron chi connectivity index (χ2n) is 3.91. The van der Waals surface area contributed by atoms with Crippen LogP contribution in [0.1, 0.15) is 30.9 Å². The molecule has 0 heterocycles. The molecular formula is C13H18N2. The zero-order chi connectivity index (χ0) is 11.3. The van der Waals surface area contributed by atoms with E-state index in [1.54, 1.807) is 0 Å². The fourth-order valence-electron chi connectivity index (χ4n) is 1.59. The van der Waals surface area contributed by atoms with Crippen molar-refractivity contribution in [2.75, 3.05) is 18.5 Å². The highest BCUT2D eigenvalue weighted by Gasteiger charge is 2.06. The zero-order valence-corrected chi connectivity index (χ0v) is 9.75. The third kappa shape index (κ3) is 2.99. The van der Waals surface area contributed by atoms with Gasteiger partial charge in [0.2, 0.25) is 0 Å². The predicted molar refractivity (Wildman–Crippen MR) is 64.1 cm³/mol. The molecule has 0 aromatic heterocycles. The molecule has 2 nitrogen and oxygen atoms in total. The Balaban J connectivity index is 2.89. The van der Waals surface area contributed by atoms with Crippen LogP contribution in [0.15, 0.2) is 18.2 Å². The molecule has 2 heteroatoms. The van der Waals surface area contributed by atoms with Crippen LogP contribution < -0.4 is 4.90 Å². The maximum atomic E-state index is 9.04. The highest BCUT2D eigenvalue weighted by atomic mass is 15.1. The number of nitrogens with zero attached hydrogens (tertiary/aromatic N) is 2. The molecule has 80 valence electrons. The highest BCUT2D eigenvalue weighted by Crippen LogP contribution is 2.20. The molecule has 1 aromatic carbocycles. The number of hydrogen-bond acceptors (Lipinski definition) is 2. The smallest absolute Gasteiger partial charge is 0.101 e. The Morgan fingerprint density at radius 3 is 2.73 bits per heavy atom. The van der Waals surface area contributed by atoms with Crippen LogP contribution >= 0.6 is 0 Å². The number of benzene rings is 1. The molecule has 1 aromatic rings. The van der Waals surface area contributed by atoms with Crippen molar-refractivity contribution >= 4 is 5.69 Å². The minimum atomic E-state index is 0.772. The SMILES string of the molecule is CCCCN(C)c1ccc(C)cc1C#N. The van der Waals surface area contributed by atoms with Gasteiger partial charge >= 0.3 is 0 Å². The summed E-state index contributed by atoms with van der Waals surface area (Å²) in [5.74, 6) is 0. The molecule has 0 spiro atoms. The summed E-state index contributed by atoms with van der Waals surface area (Å²) in [6, 6.07) is 8.28. The number of unbranched alkanes of at least 4 members (excludes halogenated alkanes) is 1. The van der Waals surface area contributed by atoms with E-state index < -0.39 is 0 Å². The Bertz CT molecular complexity index is 363. The number of anilines is 1. The van der Waals surface area contributed by atoms with E-state index in [0.29, 0.717) is 0 Å². The minimum Gasteiger partial charge on any atom is -0.374 e. The van der Waals surface area contributed by atoms with E-state index in [9.17, 15) is 0 Å². The Hall–Kier alpha value is -1.49. The van der Waals surface area contributed by atoms with Crippen molar-refractivity contribution in [3.63, 3.8) is 0 Å². The Kier molecular flexibility index (Phi) is 4.17. The summed E-state index contributed by atoms with van der Waals surface area (Å²) < 4.78 is 0. The molecule has 0 amide bonds. The molecule has 0 atom stereocenters. The van der Waals surface area contributed by atoms with Gasteiger partial charge in [-0.3, -0.25) is 0 Å². The first-order chi connectivity index (χ1) is 7.19. The fraction of sp³-hybridized carbons (Fsp3) is 0.462. The molecule has 0 radical (unpaired) electrons. The van der Waals surface area contributed by atoms with Gasteiger partial charge in [-0.1, -0.05) is 19.4 Å². The van der Waals surface area contributed by atoms with Gasteiger partial charge in [-0.2, -0.15) is 5.26 Å². The summed E-state index contributed by atoms with van der Waals surface area (Å²) >= 11 is 0. The minimum absolute atomic E-state index is 0.772. The van der Waals surface area contributed by atoms with Gasteiger partial charge in [0.1, 0.15) is 6.07 Å². The van der Waals surface area contributed by atoms with E-state index in [2.05, 4.69) is 24.0 Å². The molecule has 0 aliphatic rings. The number of hydrogen-bond donors (Lipinski definition) is 0. The lowest BCUT2D eigenvalue weighted by atomic mass is 10.1. The van der Waals surface area contributed by atoms with E-state index in [0.717, 1.165) is 29.8 Å². The first kappa shape index (κ1) is 11.6. The van der Waals surface area contributed by atoms with Crippen LogP contribution in [0, 0.1) is 18.3 Å². The average Bonchev–Trinajstić information content (AvgIpc) is 2.25. The molecule has 0 bridgehead atoms. The van der Waals surface area contributed by atoms with Crippen LogP contribution in [-0.2, 0) is 0 Å². The van der Waals surface area contributed by atoms with E-state index in [-0.39, 0.29) is 0 Å². The van der Waals surface area contributed by atoms with Gasteiger partial charge in [0, 0.05) is 13.6 Å². The maximum absolute atomic E-state index is 9.04. The summed E-state index contributed by atoms with van der Waals surface area (Å²) in [7, 11) is 2.04. The van der Waals surface area contributed by atoms with E-state index in [4.69, 9.17) is 5.26 Å². The summed E-state index contributed by atoms with van der Waals surface area (Å²) in [6.45, 7) is 5.19. The number of rotatable bonds is 4. The van der Waals surface area contributed by atoms with E-state index in [1.807, 2.05) is 26.1 Å². The molecule has 0 unspecified atom stereocenters. The molecule has 0 N–H and O–H groups in total. The van der Waals surface area contributed by atoms with Crippen LogP contribution in [0.4, 0.5) is 5.69 Å². The second kappa shape index (κ2) is 5.41. The summed E-state index contributed by atoms with van der Waals surface area (Å²) in [4.78, 5) is 2.15. The third-order valence-electron chi connectivity index (χ3n) is 2.53. The second-order valence-corrected chi connectivity index (χ2v) is 3.91. The van der Waals surface area contributed by atoms with Gasteiger partial charge in [0.05, 0.1) is 11.3 Å². The molecular weight excluding hydrogens is 184 g/mol. The van der Waals surface area contributed by atoms with Crippen LogP contribution in [0.3, 0.4) is 0 Å². The summed E-state index contributed by atoms with van der Waals surface area (Å²) in [5.41, 5.74) is 2.95. The summed E-state index contributed by atoms with van der Waals surface area (Å²) in [6.07, 6.45) is 2.34. The quantitative estimate of drug-likeness (QED) is 0.750. The zero-order valence-electron chi connectivity index (χ0n) is 9.75. The van der Waals surface area contributed by atoms with Crippen molar-refractivity contribution in [1.82, 2.24) is 0 Å². The molecule has 0 fully saturated rings. The van der Waals surface area contributed by atoms with Crippen molar-refractivity contribution < 1.29 is 0 Å². The van der Waals surface area contributed by atoms with Gasteiger partial charge in [-0.25, -0.2) is 0 Å². The fourth-order valence-corrected chi connectivity index (χ4v) is 1.59. The lowest BCUT2D eigenvalue weighted by Gasteiger charge is -2.20. The molecule has 0 saturated carbocycles. The standard InChI is InChI=1S/C13H18N2/c1-4-5-8-15(3)13-7-6-11(2)9-12(13)10-14/h6-7,9H,4-5,8H2,1-3H3. The maximum Gasteiger partial charge on any atom is 0.101 e. The van der Waals surface area contributed by atoms with Gasteiger partial charge in [-0.15, -0.1) is 0 Å². The average molecular weight is 202 g/mol. The summed E-state index contributed by atoms with van der Waals surface area (Å²) in [5, 5.41) is 9.04. The molecule has 1 rings (SSSR count). The van der Waals surface area contributed by atoms with E-state index in [1.165, 1.54) is 6.42 Å². The Morgan fingerprint density at radius 1 is 1.40 bits per heavy atom. The number of aryl methyl sites for hydroxylation is 1. The van der Waals surface area contributed by atoms with Gasteiger partial charge < -0.3 is 4.90 Å². The van der Waals surface area contributed by atoms with Crippen molar-refractivity contribution in [1.29, 1.82) is 5.26 Å². The van der Waals surface area contributed by atoms with Crippen LogP contribution in [-0.4, -0.2) is 13.6 Å². The van der Waals surface area contributed by atoms with Crippen molar-refractivity contribution in [3.05, 3.63) is 29.3 Å². The Morgan fingerprint density at radius 2 is 2.13 bits per heavy atom. The van der Waals surface area contributed by atoms with Crippen molar-refractivity contribution in [2.24, 2.45) is 0 Å². The monoisotopic (exact) mass is 202 g/mol. The third-order valence-corrected chi connectivity index (χ3v) is 2.53. The van der Waals surface area contributed by atoms with Gasteiger partial charge in [-0.05, 0) is 31.0 Å². The molecule has 0 saturated heterocycles. The van der Waals surface area contributed by atoms with E-state index >= 15 is 0 Å². The van der Waals surface area contributed by atoms with Gasteiger partial charge in [0.25, 0.3) is 0 Å². The topological polar surface area (TPSA) is 27.0 Å². The number of nitriles is 1. The normalized spacial score (nSPS) is 9.73. The first-order valence-electron chi connectivity index (χ1n) is 5.41. The van der Waals surface area contributed by atoms with Crippen LogP contribution in [0.25, 0.3) is 0 Å². The lowest BCUT2D eigenvalue weighted by molar-refractivity contribution is 0.766.